The largest absolute Gasteiger partial charge is 0.444 e. The molecule has 2 aliphatic heterocycles. The average molecular weight is 347 g/mol. The summed E-state index contributed by atoms with van der Waals surface area (Å²) in [5, 5.41) is 10.3. The van der Waals surface area contributed by atoms with E-state index in [2.05, 4.69) is 17.9 Å². The molecule has 1 N–H and O–H groups in total. The fourth-order valence-corrected chi connectivity index (χ4v) is 3.66. The molecule has 3 rings (SSSR count). The minimum absolute atomic E-state index is 0.150. The van der Waals surface area contributed by atoms with Crippen molar-refractivity contribution in [2.24, 2.45) is 0 Å². The van der Waals surface area contributed by atoms with Gasteiger partial charge in [0.05, 0.1) is 11.7 Å². The van der Waals surface area contributed by atoms with Gasteiger partial charge in [-0.05, 0) is 59.6 Å². The molecule has 2 aliphatic rings. The molecule has 0 spiro atoms. The summed E-state index contributed by atoms with van der Waals surface area (Å²) in [7, 11) is 0. The molecule has 0 unspecified atom stereocenters. The number of amides is 1. The first-order valence-corrected chi connectivity index (χ1v) is 8.95. The molecule has 3 heterocycles. The molecule has 0 saturated carbocycles. The third-order valence-corrected chi connectivity index (χ3v) is 4.72. The lowest BCUT2D eigenvalue weighted by Gasteiger charge is -2.43. The molecular formula is C19H29N3O3. The summed E-state index contributed by atoms with van der Waals surface area (Å²) in [4.78, 5) is 21.3. The van der Waals surface area contributed by atoms with Crippen LogP contribution in [0.25, 0.3) is 0 Å². The van der Waals surface area contributed by atoms with Crippen LogP contribution in [-0.2, 0) is 16.8 Å². The second kappa shape index (κ2) is 5.87. The van der Waals surface area contributed by atoms with Crippen molar-refractivity contribution in [2.45, 2.75) is 71.2 Å². The Kier molecular flexibility index (Phi) is 4.22. The summed E-state index contributed by atoms with van der Waals surface area (Å²) in [6.07, 6.45) is 0.609. The molecule has 2 atom stereocenters. The number of anilines is 1. The number of piperazine rings is 1. The van der Waals surface area contributed by atoms with Gasteiger partial charge >= 0.3 is 6.09 Å². The zero-order chi connectivity index (χ0) is 18.6. The van der Waals surface area contributed by atoms with Crippen molar-refractivity contribution < 1.29 is 14.6 Å². The third-order valence-electron chi connectivity index (χ3n) is 4.72. The Balaban J connectivity index is 1.81. The lowest BCUT2D eigenvalue weighted by molar-refractivity contribution is 0.0191. The van der Waals surface area contributed by atoms with Crippen LogP contribution in [0.5, 0.6) is 0 Å². The lowest BCUT2D eigenvalue weighted by Crippen LogP contribution is -2.58. The van der Waals surface area contributed by atoms with Gasteiger partial charge < -0.3 is 19.6 Å². The second-order valence-corrected chi connectivity index (χ2v) is 8.74. The standard InChI is InChI=1S/C19H29N3O3/c1-12-10-21(17(23)25-18(2,3)4)11-14-9-13-7-8-15(19(5,6)24)20-16(13)22(12)14/h7-8,12,14,24H,9-11H2,1-6H3/t12-,14-/m1/s1. The SMILES string of the molecule is C[C@@H]1CN(C(=O)OC(C)(C)C)C[C@H]2Cc3ccc(C(C)(C)O)nc3N21. The quantitative estimate of drug-likeness (QED) is 0.846. The van der Waals surface area contributed by atoms with Crippen molar-refractivity contribution in [3.63, 3.8) is 0 Å². The minimum Gasteiger partial charge on any atom is -0.444 e. The van der Waals surface area contributed by atoms with Gasteiger partial charge in [0.1, 0.15) is 17.0 Å². The first-order valence-electron chi connectivity index (χ1n) is 8.95. The van der Waals surface area contributed by atoms with Gasteiger partial charge in [0.15, 0.2) is 0 Å². The zero-order valence-electron chi connectivity index (χ0n) is 16.0. The van der Waals surface area contributed by atoms with Crippen LogP contribution in [0, 0.1) is 0 Å². The van der Waals surface area contributed by atoms with E-state index in [0.717, 1.165) is 12.2 Å². The maximum atomic E-state index is 12.4. The molecule has 6 heteroatoms. The van der Waals surface area contributed by atoms with Gasteiger partial charge in [0.2, 0.25) is 0 Å². The van der Waals surface area contributed by atoms with E-state index in [1.165, 1.54) is 5.56 Å². The van der Waals surface area contributed by atoms with Gasteiger partial charge in [-0.25, -0.2) is 9.78 Å². The maximum Gasteiger partial charge on any atom is 0.410 e. The number of fused-ring (bicyclic) bond motifs is 3. The summed E-state index contributed by atoms with van der Waals surface area (Å²) < 4.78 is 5.53. The van der Waals surface area contributed by atoms with E-state index < -0.39 is 11.2 Å². The number of pyridine rings is 1. The van der Waals surface area contributed by atoms with Crippen LogP contribution in [0.4, 0.5) is 10.6 Å². The van der Waals surface area contributed by atoms with Crippen LogP contribution in [-0.4, -0.2) is 51.9 Å². The van der Waals surface area contributed by atoms with Gasteiger partial charge in [-0.1, -0.05) is 6.07 Å². The summed E-state index contributed by atoms with van der Waals surface area (Å²) in [6.45, 7) is 12.5. The Morgan fingerprint density at radius 3 is 2.52 bits per heavy atom. The van der Waals surface area contributed by atoms with Gasteiger partial charge in [-0.3, -0.25) is 0 Å². The van der Waals surface area contributed by atoms with E-state index in [1.54, 1.807) is 18.7 Å². The van der Waals surface area contributed by atoms with Crippen LogP contribution in [0.1, 0.15) is 52.8 Å². The fraction of sp³-hybridized carbons (Fsp3) is 0.684. The van der Waals surface area contributed by atoms with Crippen LogP contribution in [0.15, 0.2) is 12.1 Å². The van der Waals surface area contributed by atoms with Crippen LogP contribution >= 0.6 is 0 Å². The van der Waals surface area contributed by atoms with Crippen molar-refractivity contribution in [3.05, 3.63) is 23.4 Å². The van der Waals surface area contributed by atoms with Crippen LogP contribution < -0.4 is 4.90 Å². The molecule has 0 aromatic carbocycles. The average Bonchev–Trinajstić information content (AvgIpc) is 2.82. The second-order valence-electron chi connectivity index (χ2n) is 8.74. The number of aromatic nitrogens is 1. The zero-order valence-corrected chi connectivity index (χ0v) is 16.0. The Bertz CT molecular complexity index is 675. The van der Waals surface area contributed by atoms with Crippen molar-refractivity contribution >= 4 is 11.9 Å². The van der Waals surface area contributed by atoms with Crippen molar-refractivity contribution in [1.82, 2.24) is 9.88 Å². The molecule has 1 amide bonds. The van der Waals surface area contributed by atoms with Gasteiger partial charge in [-0.2, -0.15) is 0 Å². The van der Waals surface area contributed by atoms with E-state index in [1.807, 2.05) is 26.8 Å². The number of carbonyl (C=O) groups excluding carboxylic acids is 1. The highest BCUT2D eigenvalue weighted by Gasteiger charge is 2.41. The van der Waals surface area contributed by atoms with E-state index >= 15 is 0 Å². The highest BCUT2D eigenvalue weighted by molar-refractivity contribution is 5.69. The highest BCUT2D eigenvalue weighted by Crippen LogP contribution is 2.36. The molecule has 0 radical (unpaired) electrons. The summed E-state index contributed by atoms with van der Waals surface area (Å²) in [5.74, 6) is 0.945. The van der Waals surface area contributed by atoms with Crippen molar-refractivity contribution in [2.75, 3.05) is 18.0 Å². The lowest BCUT2D eigenvalue weighted by atomic mass is 10.0. The molecule has 1 aromatic rings. The Labute approximate surface area is 149 Å². The number of carbonyl (C=O) groups is 1. The van der Waals surface area contributed by atoms with Crippen molar-refractivity contribution in [1.29, 1.82) is 0 Å². The Morgan fingerprint density at radius 1 is 1.24 bits per heavy atom. The van der Waals surface area contributed by atoms with Crippen LogP contribution in [0.2, 0.25) is 0 Å². The maximum absolute atomic E-state index is 12.4. The number of aliphatic hydroxyl groups is 1. The summed E-state index contributed by atoms with van der Waals surface area (Å²) in [5.41, 5.74) is 0.401. The molecule has 0 aliphatic carbocycles. The number of hydrogen-bond acceptors (Lipinski definition) is 5. The molecular weight excluding hydrogens is 318 g/mol. The molecule has 1 fully saturated rings. The topological polar surface area (TPSA) is 65.9 Å². The van der Waals surface area contributed by atoms with Gasteiger partial charge in [0, 0.05) is 19.1 Å². The molecule has 1 aromatic heterocycles. The first kappa shape index (κ1) is 18.0. The van der Waals surface area contributed by atoms with Crippen LogP contribution in [0.3, 0.4) is 0 Å². The van der Waals surface area contributed by atoms with E-state index in [0.29, 0.717) is 18.8 Å². The Morgan fingerprint density at radius 2 is 1.92 bits per heavy atom. The predicted molar refractivity (Wildman–Crippen MR) is 96.7 cm³/mol. The monoisotopic (exact) mass is 347 g/mol. The Hall–Kier alpha value is -1.82. The molecule has 6 nitrogen and oxygen atoms in total. The first-order chi connectivity index (χ1) is 11.5. The number of nitrogens with zero attached hydrogens (tertiary/aromatic N) is 3. The number of rotatable bonds is 1. The predicted octanol–water partition coefficient (Wildman–Crippen LogP) is 2.68. The third kappa shape index (κ3) is 3.59. The highest BCUT2D eigenvalue weighted by atomic mass is 16.6. The molecule has 0 bridgehead atoms. The molecule has 25 heavy (non-hydrogen) atoms. The summed E-state index contributed by atoms with van der Waals surface area (Å²) in [6, 6.07) is 4.31. The molecule has 1 saturated heterocycles. The fourth-order valence-electron chi connectivity index (χ4n) is 3.66. The van der Waals surface area contributed by atoms with E-state index in [4.69, 9.17) is 9.72 Å². The van der Waals surface area contributed by atoms with E-state index in [9.17, 15) is 9.90 Å². The van der Waals surface area contributed by atoms with Gasteiger partial charge in [-0.15, -0.1) is 0 Å². The smallest absolute Gasteiger partial charge is 0.410 e. The van der Waals surface area contributed by atoms with E-state index in [-0.39, 0.29) is 18.2 Å². The normalized spacial score (nSPS) is 23.3. The summed E-state index contributed by atoms with van der Waals surface area (Å²) >= 11 is 0. The van der Waals surface area contributed by atoms with Gasteiger partial charge in [0.25, 0.3) is 0 Å². The van der Waals surface area contributed by atoms with Crippen molar-refractivity contribution in [3.8, 4) is 0 Å². The number of ether oxygens (including phenoxy) is 1. The number of hydrogen-bond donors (Lipinski definition) is 1. The minimum atomic E-state index is -0.964. The molecule has 138 valence electrons.